The van der Waals surface area contributed by atoms with Gasteiger partial charge in [0.05, 0.1) is 12.3 Å². The zero-order valence-corrected chi connectivity index (χ0v) is 16.9. The van der Waals surface area contributed by atoms with E-state index in [1.54, 1.807) is 0 Å². The van der Waals surface area contributed by atoms with E-state index in [4.69, 9.17) is 10.3 Å². The predicted molar refractivity (Wildman–Crippen MR) is 101 cm³/mol. The van der Waals surface area contributed by atoms with Crippen molar-refractivity contribution in [3.05, 3.63) is 38.2 Å². The largest absolute Gasteiger partial charge is 0.591 e. The maximum atomic E-state index is 12.3. The van der Waals surface area contributed by atoms with E-state index in [0.717, 1.165) is 21.3 Å². The third kappa shape index (κ3) is 4.25. The van der Waals surface area contributed by atoms with Crippen molar-refractivity contribution in [3.63, 3.8) is 0 Å². The molecule has 0 aromatic heterocycles. The smallest absolute Gasteiger partial charge is 0.144 e. The minimum absolute atomic E-state index is 0.249. The van der Waals surface area contributed by atoms with Crippen LogP contribution in [0.1, 0.15) is 45.7 Å². The Bertz CT molecular complexity index is 726. The van der Waals surface area contributed by atoms with Crippen LogP contribution < -0.4 is 4.74 Å². The molecule has 0 radical (unpaired) electrons. The summed E-state index contributed by atoms with van der Waals surface area (Å²) in [6.45, 7) is 9.66. The van der Waals surface area contributed by atoms with Crippen LogP contribution in [0, 0.1) is 0 Å². The van der Waals surface area contributed by atoms with Crippen LogP contribution in [-0.4, -0.2) is 27.2 Å². The molecule has 0 spiro atoms. The fourth-order valence-electron chi connectivity index (χ4n) is 2.44. The molecule has 0 saturated carbocycles. The second kappa shape index (κ2) is 6.96. The highest BCUT2D eigenvalue weighted by Crippen LogP contribution is 2.40. The summed E-state index contributed by atoms with van der Waals surface area (Å²) in [4.78, 5) is 2.82. The average Bonchev–Trinajstić information content (AvgIpc) is 2.79. The number of fused-ring (bicyclic) bond motifs is 1. The molecule has 1 unspecified atom stereocenters. The molecule has 130 valence electrons. The van der Waals surface area contributed by atoms with Gasteiger partial charge in [0.1, 0.15) is 27.5 Å². The lowest BCUT2D eigenvalue weighted by Gasteiger charge is -2.22. The van der Waals surface area contributed by atoms with Gasteiger partial charge in [-0.05, 0) is 57.8 Å². The normalized spacial score (nSPS) is 21.7. The van der Waals surface area contributed by atoms with Crippen molar-refractivity contribution in [2.24, 2.45) is 9.51 Å². The third-order valence-electron chi connectivity index (χ3n) is 3.65. The molecule has 2 atom stereocenters. The molecule has 1 heterocycles. The first-order chi connectivity index (χ1) is 11.1. The van der Waals surface area contributed by atoms with Crippen LogP contribution in [0.3, 0.4) is 0 Å². The highest BCUT2D eigenvalue weighted by atomic mass is 79.9. The number of benzene rings is 1. The molecule has 8 heteroatoms. The average molecular weight is 413 g/mol. The molecule has 2 rings (SSSR count). The zero-order chi connectivity index (χ0) is 18.1. The SMILES string of the molecule is CC(=N[S+]([O-])C(C)(C)C)c1cc(Br)cc2c1O[C@@](C)(CN=[N+]=[N-])C2. The molecule has 0 saturated heterocycles. The van der Waals surface area contributed by atoms with E-state index < -0.39 is 21.7 Å². The van der Waals surface area contributed by atoms with Gasteiger partial charge in [-0.1, -0.05) is 25.4 Å². The summed E-state index contributed by atoms with van der Waals surface area (Å²) >= 11 is 2.17. The molecule has 1 aromatic carbocycles. The summed E-state index contributed by atoms with van der Waals surface area (Å²) in [5, 5.41) is 3.65. The van der Waals surface area contributed by atoms with Crippen LogP contribution in [0.4, 0.5) is 0 Å². The second-order valence-electron chi connectivity index (χ2n) is 7.10. The van der Waals surface area contributed by atoms with E-state index in [0.29, 0.717) is 12.1 Å². The van der Waals surface area contributed by atoms with Crippen LogP contribution in [0.25, 0.3) is 10.4 Å². The summed E-state index contributed by atoms with van der Waals surface area (Å²) < 4.78 is 23.3. The molecule has 0 amide bonds. The molecule has 1 aliphatic rings. The Morgan fingerprint density at radius 3 is 2.75 bits per heavy atom. The Morgan fingerprint density at radius 1 is 1.50 bits per heavy atom. The number of nitrogens with zero attached hydrogens (tertiary/aromatic N) is 4. The summed E-state index contributed by atoms with van der Waals surface area (Å²) in [5.74, 6) is 0.723. The molecule has 24 heavy (non-hydrogen) atoms. The molecular weight excluding hydrogens is 392 g/mol. The van der Waals surface area contributed by atoms with Crippen molar-refractivity contribution in [2.45, 2.75) is 51.4 Å². The van der Waals surface area contributed by atoms with Gasteiger partial charge in [0.2, 0.25) is 0 Å². The van der Waals surface area contributed by atoms with Crippen molar-refractivity contribution in [2.75, 3.05) is 6.54 Å². The van der Waals surface area contributed by atoms with Gasteiger partial charge in [-0.25, -0.2) is 0 Å². The van der Waals surface area contributed by atoms with Crippen molar-refractivity contribution in [1.29, 1.82) is 0 Å². The molecule has 6 nitrogen and oxygen atoms in total. The van der Waals surface area contributed by atoms with Gasteiger partial charge >= 0.3 is 0 Å². The monoisotopic (exact) mass is 412 g/mol. The van der Waals surface area contributed by atoms with Crippen LogP contribution in [0.2, 0.25) is 0 Å². The van der Waals surface area contributed by atoms with Crippen LogP contribution >= 0.6 is 15.9 Å². The van der Waals surface area contributed by atoms with E-state index >= 15 is 0 Å². The third-order valence-corrected chi connectivity index (χ3v) is 5.59. The number of hydrogen-bond acceptors (Lipinski definition) is 4. The van der Waals surface area contributed by atoms with Gasteiger partial charge in [-0.3, -0.25) is 0 Å². The Labute approximate surface area is 153 Å². The first kappa shape index (κ1) is 19.1. The Balaban J connectivity index is 2.42. The lowest BCUT2D eigenvalue weighted by atomic mass is 9.98. The van der Waals surface area contributed by atoms with Crippen LogP contribution in [0.5, 0.6) is 5.75 Å². The van der Waals surface area contributed by atoms with Gasteiger partial charge in [0, 0.05) is 21.4 Å². The molecule has 0 aliphatic carbocycles. The maximum absolute atomic E-state index is 12.3. The fraction of sp³-hybridized carbons (Fsp3) is 0.562. The second-order valence-corrected chi connectivity index (χ2v) is 9.92. The Kier molecular flexibility index (Phi) is 5.54. The van der Waals surface area contributed by atoms with E-state index in [9.17, 15) is 4.55 Å². The lowest BCUT2D eigenvalue weighted by Crippen LogP contribution is -2.33. The van der Waals surface area contributed by atoms with Crippen molar-refractivity contribution < 1.29 is 9.29 Å². The van der Waals surface area contributed by atoms with Crippen molar-refractivity contribution >= 4 is 33.0 Å². The molecular formula is C16H21BrN4O2S. The van der Waals surface area contributed by atoms with Crippen LogP contribution in [-0.2, 0) is 17.8 Å². The van der Waals surface area contributed by atoms with E-state index in [1.165, 1.54) is 0 Å². The first-order valence-electron chi connectivity index (χ1n) is 7.56. The van der Waals surface area contributed by atoms with Gasteiger partial charge in [-0.15, -0.1) is 0 Å². The van der Waals surface area contributed by atoms with Crippen LogP contribution in [0.15, 0.2) is 26.1 Å². The van der Waals surface area contributed by atoms with Crippen molar-refractivity contribution in [3.8, 4) is 5.75 Å². The van der Waals surface area contributed by atoms with Gasteiger partial charge in [0.15, 0.2) is 0 Å². The first-order valence-corrected chi connectivity index (χ1v) is 9.46. The molecule has 0 N–H and O–H groups in total. The molecule has 1 aliphatic heterocycles. The highest BCUT2D eigenvalue weighted by molar-refractivity contribution is 9.10. The number of hydrogen-bond donors (Lipinski definition) is 0. The molecule has 0 fully saturated rings. The standard InChI is InChI=1S/C16H21BrN4O2S/c1-10(20-24(22)15(2,3)4)13-7-12(17)6-11-8-16(5,9-19-21-18)23-14(11)13/h6-7H,8-9H2,1-5H3/t16-,24?/m1/s1. The van der Waals surface area contributed by atoms with Gasteiger partial charge in [0.25, 0.3) is 0 Å². The minimum atomic E-state index is -1.34. The topological polar surface area (TPSA) is 93.4 Å². The van der Waals surface area contributed by atoms with E-state index in [1.807, 2.05) is 46.8 Å². The van der Waals surface area contributed by atoms with E-state index in [2.05, 4.69) is 30.4 Å². The van der Waals surface area contributed by atoms with Gasteiger partial charge < -0.3 is 9.29 Å². The number of azide groups is 1. The quantitative estimate of drug-likeness (QED) is 0.235. The fourth-order valence-corrected chi connectivity index (χ4v) is 3.56. The summed E-state index contributed by atoms with van der Waals surface area (Å²) in [6, 6.07) is 3.91. The number of ether oxygens (including phenoxy) is 1. The van der Waals surface area contributed by atoms with Crippen molar-refractivity contribution in [1.82, 2.24) is 0 Å². The molecule has 0 bridgehead atoms. The number of rotatable bonds is 4. The molecule has 1 aromatic rings. The van der Waals surface area contributed by atoms with Gasteiger partial charge in [-0.2, -0.15) is 0 Å². The zero-order valence-electron chi connectivity index (χ0n) is 14.5. The lowest BCUT2D eigenvalue weighted by molar-refractivity contribution is 0.125. The summed E-state index contributed by atoms with van der Waals surface area (Å²) in [7, 11) is 0. The Morgan fingerprint density at radius 2 is 2.17 bits per heavy atom. The summed E-state index contributed by atoms with van der Waals surface area (Å²) in [5.41, 5.74) is 10.5. The minimum Gasteiger partial charge on any atom is -0.591 e. The number of halogens is 1. The predicted octanol–water partition coefficient (Wildman–Crippen LogP) is 4.72. The Hall–Kier alpha value is -1.21. The summed E-state index contributed by atoms with van der Waals surface area (Å²) in [6.07, 6.45) is 0.642. The highest BCUT2D eigenvalue weighted by Gasteiger charge is 2.37. The van der Waals surface area contributed by atoms with E-state index in [-0.39, 0.29) is 6.54 Å². The maximum Gasteiger partial charge on any atom is 0.144 e.